The predicted octanol–water partition coefficient (Wildman–Crippen LogP) is 4.62. The molecule has 1 aromatic carbocycles. The van der Waals surface area contributed by atoms with Gasteiger partial charge in [0.1, 0.15) is 0 Å². The highest BCUT2D eigenvalue weighted by Crippen LogP contribution is 2.51. The average molecular weight is 268 g/mol. The van der Waals surface area contributed by atoms with Crippen LogP contribution < -0.4 is 0 Å². The number of hydrogen-bond acceptors (Lipinski definition) is 3. The zero-order valence-electron chi connectivity index (χ0n) is 11.5. The van der Waals surface area contributed by atoms with E-state index in [1.807, 2.05) is 52.0 Å². The molecule has 0 aliphatic rings. The third-order valence-corrected chi connectivity index (χ3v) is 4.48. The minimum atomic E-state index is -3.12. The molecular weight excluding hydrogens is 247 g/mol. The minimum absolute atomic E-state index is 0.370. The van der Waals surface area contributed by atoms with Crippen molar-refractivity contribution in [2.75, 3.05) is 13.2 Å². The molecule has 1 aromatic rings. The van der Waals surface area contributed by atoms with E-state index >= 15 is 0 Å². The van der Waals surface area contributed by atoms with Crippen molar-refractivity contribution >= 4 is 13.2 Å². The second-order valence-corrected chi connectivity index (χ2v) is 5.86. The molecular formula is C14H21O3P. The summed E-state index contributed by atoms with van der Waals surface area (Å²) in [6.45, 7) is 8.31. The van der Waals surface area contributed by atoms with Gasteiger partial charge in [-0.3, -0.25) is 4.57 Å². The molecule has 0 saturated heterocycles. The van der Waals surface area contributed by atoms with Gasteiger partial charge in [0.15, 0.2) is 0 Å². The van der Waals surface area contributed by atoms with E-state index in [0.717, 1.165) is 16.7 Å². The van der Waals surface area contributed by atoms with Gasteiger partial charge in [-0.15, -0.1) is 0 Å². The Morgan fingerprint density at radius 1 is 1.22 bits per heavy atom. The Kier molecular flexibility index (Phi) is 5.80. The first-order valence-electron chi connectivity index (χ1n) is 6.16. The van der Waals surface area contributed by atoms with E-state index in [2.05, 4.69) is 0 Å². The molecule has 0 aliphatic carbocycles. The number of allylic oxidation sites excluding steroid dienone is 1. The van der Waals surface area contributed by atoms with Crippen LogP contribution in [0.1, 0.15) is 31.9 Å². The molecule has 0 heterocycles. The maximum absolute atomic E-state index is 12.4. The zero-order chi connectivity index (χ0) is 13.6. The van der Waals surface area contributed by atoms with Crippen LogP contribution in [-0.4, -0.2) is 13.2 Å². The van der Waals surface area contributed by atoms with E-state index in [0.29, 0.717) is 13.2 Å². The SMILES string of the molecule is CCOP(=O)(/C=C(\C)c1ccccc1C)OCC. The average Bonchev–Trinajstić information content (AvgIpc) is 2.29. The van der Waals surface area contributed by atoms with E-state index in [1.54, 1.807) is 5.82 Å². The molecule has 0 bridgehead atoms. The zero-order valence-corrected chi connectivity index (χ0v) is 12.4. The quantitative estimate of drug-likeness (QED) is 0.706. The molecule has 0 aromatic heterocycles. The Bertz CT molecular complexity index is 456. The third kappa shape index (κ3) is 4.09. The van der Waals surface area contributed by atoms with E-state index in [1.165, 1.54) is 0 Å². The van der Waals surface area contributed by atoms with Gasteiger partial charge in [-0.2, -0.15) is 0 Å². The molecule has 0 radical (unpaired) electrons. The van der Waals surface area contributed by atoms with Gasteiger partial charge in [-0.1, -0.05) is 24.3 Å². The van der Waals surface area contributed by atoms with Gasteiger partial charge >= 0.3 is 7.60 Å². The van der Waals surface area contributed by atoms with Crippen molar-refractivity contribution in [3.63, 3.8) is 0 Å². The van der Waals surface area contributed by atoms with Crippen LogP contribution in [0.15, 0.2) is 30.1 Å². The Morgan fingerprint density at radius 3 is 2.28 bits per heavy atom. The summed E-state index contributed by atoms with van der Waals surface area (Å²) < 4.78 is 22.9. The van der Waals surface area contributed by atoms with Crippen LogP contribution in [-0.2, 0) is 13.6 Å². The molecule has 4 heteroatoms. The lowest BCUT2D eigenvalue weighted by molar-refractivity contribution is 0.229. The molecule has 0 aliphatic heterocycles. The molecule has 0 unspecified atom stereocenters. The highest BCUT2D eigenvalue weighted by Gasteiger charge is 2.20. The summed E-state index contributed by atoms with van der Waals surface area (Å²) in [4.78, 5) is 0. The number of benzene rings is 1. The molecule has 0 spiro atoms. The van der Waals surface area contributed by atoms with Crippen molar-refractivity contribution in [1.82, 2.24) is 0 Å². The number of hydrogen-bond donors (Lipinski definition) is 0. The predicted molar refractivity (Wildman–Crippen MR) is 75.7 cm³/mol. The summed E-state index contributed by atoms with van der Waals surface area (Å²) in [5.41, 5.74) is 3.13. The fourth-order valence-corrected chi connectivity index (χ4v) is 3.35. The molecule has 3 nitrogen and oxygen atoms in total. The van der Waals surface area contributed by atoms with Crippen molar-refractivity contribution < 1.29 is 13.6 Å². The van der Waals surface area contributed by atoms with Crippen LogP contribution in [0.25, 0.3) is 5.57 Å². The minimum Gasteiger partial charge on any atom is -0.306 e. The normalized spacial score (nSPS) is 12.8. The van der Waals surface area contributed by atoms with Crippen molar-refractivity contribution in [3.8, 4) is 0 Å². The first-order chi connectivity index (χ1) is 8.52. The summed E-state index contributed by atoms with van der Waals surface area (Å²) in [6, 6.07) is 7.98. The number of rotatable bonds is 6. The summed E-state index contributed by atoms with van der Waals surface area (Å²) in [6.07, 6.45) is 0. The molecule has 0 fully saturated rings. The summed E-state index contributed by atoms with van der Waals surface area (Å²) in [5, 5.41) is 0. The molecule has 0 N–H and O–H groups in total. The van der Waals surface area contributed by atoms with Gasteiger partial charge in [0, 0.05) is 5.82 Å². The number of aryl methyl sites for hydroxylation is 1. The van der Waals surface area contributed by atoms with Gasteiger partial charge in [0.2, 0.25) is 0 Å². The molecule has 100 valence electrons. The van der Waals surface area contributed by atoms with Crippen LogP contribution in [0.3, 0.4) is 0 Å². The summed E-state index contributed by atoms with van der Waals surface area (Å²) in [7, 11) is -3.12. The Morgan fingerprint density at radius 2 is 1.78 bits per heavy atom. The molecule has 1 rings (SSSR count). The lowest BCUT2D eigenvalue weighted by Gasteiger charge is -2.15. The second kappa shape index (κ2) is 6.89. The van der Waals surface area contributed by atoms with Crippen molar-refractivity contribution in [2.24, 2.45) is 0 Å². The fourth-order valence-electron chi connectivity index (χ4n) is 1.79. The van der Waals surface area contributed by atoms with Gasteiger partial charge in [0.25, 0.3) is 0 Å². The molecule has 0 saturated carbocycles. The van der Waals surface area contributed by atoms with Crippen LogP contribution in [0.5, 0.6) is 0 Å². The monoisotopic (exact) mass is 268 g/mol. The van der Waals surface area contributed by atoms with Crippen LogP contribution in [0, 0.1) is 6.92 Å². The van der Waals surface area contributed by atoms with Gasteiger partial charge in [-0.25, -0.2) is 0 Å². The van der Waals surface area contributed by atoms with Crippen molar-refractivity contribution in [3.05, 3.63) is 41.2 Å². The highest BCUT2D eigenvalue weighted by molar-refractivity contribution is 7.57. The van der Waals surface area contributed by atoms with Crippen LogP contribution in [0.2, 0.25) is 0 Å². The molecule has 18 heavy (non-hydrogen) atoms. The van der Waals surface area contributed by atoms with E-state index in [9.17, 15) is 4.57 Å². The summed E-state index contributed by atoms with van der Waals surface area (Å²) >= 11 is 0. The fraction of sp³-hybridized carbons (Fsp3) is 0.429. The standard InChI is InChI=1S/C14H21O3P/c1-5-16-18(15,17-6-2)11-13(4)14-10-8-7-9-12(14)3/h7-11H,5-6H2,1-4H3/b13-11+. The van der Waals surface area contributed by atoms with Gasteiger partial charge in [-0.05, 0) is 44.4 Å². The first-order valence-corrected chi connectivity index (χ1v) is 7.78. The van der Waals surface area contributed by atoms with Crippen molar-refractivity contribution in [2.45, 2.75) is 27.7 Å². The van der Waals surface area contributed by atoms with Gasteiger partial charge in [0.05, 0.1) is 13.2 Å². The topological polar surface area (TPSA) is 35.5 Å². The van der Waals surface area contributed by atoms with E-state index < -0.39 is 7.60 Å². The maximum atomic E-state index is 12.4. The summed E-state index contributed by atoms with van der Waals surface area (Å²) in [5.74, 6) is 1.61. The smallest absolute Gasteiger partial charge is 0.306 e. The molecule has 0 amide bonds. The van der Waals surface area contributed by atoms with Gasteiger partial charge < -0.3 is 9.05 Å². The van der Waals surface area contributed by atoms with Crippen LogP contribution in [0.4, 0.5) is 0 Å². The van der Waals surface area contributed by atoms with Crippen LogP contribution >= 0.6 is 7.60 Å². The first kappa shape index (κ1) is 15.2. The highest BCUT2D eigenvalue weighted by atomic mass is 31.2. The van der Waals surface area contributed by atoms with E-state index in [4.69, 9.17) is 9.05 Å². The second-order valence-electron chi connectivity index (χ2n) is 4.00. The largest absolute Gasteiger partial charge is 0.354 e. The lowest BCUT2D eigenvalue weighted by atomic mass is 10.0. The Hall–Kier alpha value is -0.890. The third-order valence-electron chi connectivity index (χ3n) is 2.54. The Labute approximate surface area is 109 Å². The lowest BCUT2D eigenvalue weighted by Crippen LogP contribution is -1.94. The van der Waals surface area contributed by atoms with Crippen molar-refractivity contribution in [1.29, 1.82) is 0 Å². The molecule has 0 atom stereocenters. The Balaban J connectivity index is 3.06. The van der Waals surface area contributed by atoms with E-state index in [-0.39, 0.29) is 0 Å². The maximum Gasteiger partial charge on any atom is 0.354 e.